The molecule has 0 aromatic heterocycles. The van der Waals surface area contributed by atoms with Gasteiger partial charge in [-0.15, -0.1) is 0 Å². The van der Waals surface area contributed by atoms with E-state index in [-0.39, 0.29) is 0 Å². The van der Waals surface area contributed by atoms with Crippen LogP contribution in [-0.2, 0) is 0 Å². The SMILES string of the molecule is C=C1CCC(C=Cc2ccc(-c3ccc(C4CCC(CCCC)CC4)cc3)cc2)CC1. The molecule has 0 N–H and O–H groups in total. The number of benzene rings is 2. The lowest BCUT2D eigenvalue weighted by Gasteiger charge is -2.29. The molecule has 2 aromatic carbocycles. The Morgan fingerprint density at radius 2 is 1.42 bits per heavy atom. The second-order valence-corrected chi connectivity index (χ2v) is 10.1. The van der Waals surface area contributed by atoms with Crippen molar-refractivity contribution in [1.82, 2.24) is 0 Å². The Morgan fingerprint density at radius 1 is 0.806 bits per heavy atom. The molecule has 0 atom stereocenters. The molecule has 164 valence electrons. The lowest BCUT2D eigenvalue weighted by Crippen LogP contribution is -2.13. The number of hydrogen-bond donors (Lipinski definition) is 0. The van der Waals surface area contributed by atoms with Gasteiger partial charge in [0.25, 0.3) is 0 Å². The molecule has 0 unspecified atom stereocenters. The zero-order chi connectivity index (χ0) is 21.5. The zero-order valence-corrected chi connectivity index (χ0v) is 19.5. The Hall–Kier alpha value is -2.08. The van der Waals surface area contributed by atoms with Crippen molar-refractivity contribution in [2.75, 3.05) is 0 Å². The fourth-order valence-corrected chi connectivity index (χ4v) is 5.50. The van der Waals surface area contributed by atoms with Gasteiger partial charge in [0.2, 0.25) is 0 Å². The summed E-state index contributed by atoms with van der Waals surface area (Å²) in [6.07, 6.45) is 19.5. The predicted molar refractivity (Wildman–Crippen MR) is 136 cm³/mol. The van der Waals surface area contributed by atoms with E-state index < -0.39 is 0 Å². The molecular weight excluding hydrogens is 372 g/mol. The van der Waals surface area contributed by atoms with Crippen LogP contribution < -0.4 is 0 Å². The van der Waals surface area contributed by atoms with Crippen LogP contribution in [0.4, 0.5) is 0 Å². The summed E-state index contributed by atoms with van der Waals surface area (Å²) in [5, 5.41) is 0. The summed E-state index contributed by atoms with van der Waals surface area (Å²) in [6.45, 7) is 6.44. The maximum Gasteiger partial charge on any atom is -0.0162 e. The molecule has 4 rings (SSSR count). The van der Waals surface area contributed by atoms with Crippen LogP contribution in [0.5, 0.6) is 0 Å². The Bertz CT molecular complexity index is 834. The molecule has 0 spiro atoms. The van der Waals surface area contributed by atoms with Crippen LogP contribution in [0, 0.1) is 11.8 Å². The van der Waals surface area contributed by atoms with Crippen molar-refractivity contribution in [2.24, 2.45) is 11.8 Å². The van der Waals surface area contributed by atoms with Crippen LogP contribution in [0.25, 0.3) is 17.2 Å². The van der Waals surface area contributed by atoms with E-state index in [4.69, 9.17) is 0 Å². The van der Waals surface area contributed by atoms with Crippen LogP contribution in [-0.4, -0.2) is 0 Å². The normalized spacial score (nSPS) is 22.8. The van der Waals surface area contributed by atoms with E-state index in [0.717, 1.165) is 17.8 Å². The monoisotopic (exact) mass is 412 g/mol. The summed E-state index contributed by atoms with van der Waals surface area (Å²) in [6, 6.07) is 18.5. The highest BCUT2D eigenvalue weighted by Crippen LogP contribution is 2.38. The number of unbranched alkanes of at least 4 members (excludes halogenated alkanes) is 1. The molecule has 0 heterocycles. The second kappa shape index (κ2) is 11.0. The van der Waals surface area contributed by atoms with Crippen molar-refractivity contribution in [2.45, 2.75) is 83.5 Å². The molecule has 0 saturated heterocycles. The first kappa shape index (κ1) is 22.1. The van der Waals surface area contributed by atoms with Crippen molar-refractivity contribution < 1.29 is 0 Å². The molecular formula is C31H40. The van der Waals surface area contributed by atoms with Gasteiger partial charge in [0, 0.05) is 0 Å². The summed E-state index contributed by atoms with van der Waals surface area (Å²) in [5.74, 6) is 2.48. The molecule has 2 aromatic rings. The Labute approximate surface area is 190 Å². The summed E-state index contributed by atoms with van der Waals surface area (Å²) in [4.78, 5) is 0. The Balaban J connectivity index is 1.31. The second-order valence-electron chi connectivity index (χ2n) is 10.1. The lowest BCUT2D eigenvalue weighted by atomic mass is 9.77. The average molecular weight is 413 g/mol. The molecule has 2 aliphatic carbocycles. The van der Waals surface area contributed by atoms with Crippen LogP contribution in [0.15, 0.2) is 66.8 Å². The van der Waals surface area contributed by atoms with Crippen LogP contribution in [0.1, 0.15) is 94.6 Å². The molecule has 0 aliphatic heterocycles. The standard InChI is InChI=1S/C31H40/c1-3-4-5-25-12-16-28(17-13-25)30-20-22-31(23-21-30)29-18-14-27(15-19-29)11-10-26-8-6-24(2)7-9-26/h10-11,14-15,18-23,25-26,28H,2-9,12-13,16-17H2,1H3. The third kappa shape index (κ3) is 6.22. The molecule has 0 amide bonds. The fourth-order valence-electron chi connectivity index (χ4n) is 5.50. The van der Waals surface area contributed by atoms with Crippen LogP contribution in [0.3, 0.4) is 0 Å². The van der Waals surface area contributed by atoms with Gasteiger partial charge in [0.1, 0.15) is 0 Å². The van der Waals surface area contributed by atoms with Crippen LogP contribution in [0.2, 0.25) is 0 Å². The minimum absolute atomic E-state index is 0.722. The first-order valence-electron chi connectivity index (χ1n) is 12.8. The molecule has 31 heavy (non-hydrogen) atoms. The quantitative estimate of drug-likeness (QED) is 0.397. The molecule has 2 fully saturated rings. The molecule has 0 radical (unpaired) electrons. The van der Waals surface area contributed by atoms with Gasteiger partial charge in [0.15, 0.2) is 0 Å². The average Bonchev–Trinajstić information content (AvgIpc) is 2.83. The molecule has 2 saturated carbocycles. The minimum Gasteiger partial charge on any atom is -0.0999 e. The van der Waals surface area contributed by atoms with Gasteiger partial charge in [-0.2, -0.15) is 0 Å². The van der Waals surface area contributed by atoms with Crippen molar-refractivity contribution in [1.29, 1.82) is 0 Å². The lowest BCUT2D eigenvalue weighted by molar-refractivity contribution is 0.304. The first-order chi connectivity index (χ1) is 15.2. The Morgan fingerprint density at radius 3 is 2.03 bits per heavy atom. The van der Waals surface area contributed by atoms with E-state index in [0.29, 0.717) is 0 Å². The molecule has 0 nitrogen and oxygen atoms in total. The topological polar surface area (TPSA) is 0 Å². The van der Waals surface area contributed by atoms with Crippen molar-refractivity contribution >= 4 is 6.08 Å². The van der Waals surface area contributed by atoms with Crippen molar-refractivity contribution in [3.63, 3.8) is 0 Å². The predicted octanol–water partition coefficient (Wildman–Crippen LogP) is 9.58. The van der Waals surface area contributed by atoms with E-state index in [1.807, 2.05) is 0 Å². The van der Waals surface area contributed by atoms with Gasteiger partial charge >= 0.3 is 0 Å². The summed E-state index contributed by atoms with van der Waals surface area (Å²) >= 11 is 0. The molecule has 2 aliphatic rings. The summed E-state index contributed by atoms with van der Waals surface area (Å²) in [7, 11) is 0. The largest absolute Gasteiger partial charge is 0.0999 e. The van der Waals surface area contributed by atoms with Crippen molar-refractivity contribution in [3.05, 3.63) is 77.9 Å². The zero-order valence-electron chi connectivity index (χ0n) is 19.5. The first-order valence-corrected chi connectivity index (χ1v) is 12.8. The maximum absolute atomic E-state index is 4.13. The van der Waals surface area contributed by atoms with E-state index in [2.05, 4.69) is 74.2 Å². The van der Waals surface area contributed by atoms with E-state index in [9.17, 15) is 0 Å². The van der Waals surface area contributed by atoms with Gasteiger partial charge in [-0.3, -0.25) is 0 Å². The maximum atomic E-state index is 4.13. The van der Waals surface area contributed by atoms with E-state index >= 15 is 0 Å². The third-order valence-corrected chi connectivity index (χ3v) is 7.74. The van der Waals surface area contributed by atoms with Gasteiger partial charge in [-0.05, 0) is 91.4 Å². The fraction of sp³-hybridized carbons (Fsp3) is 0.484. The minimum atomic E-state index is 0.722. The Kier molecular flexibility index (Phi) is 7.84. The van der Waals surface area contributed by atoms with Gasteiger partial charge in [-0.1, -0.05) is 99.0 Å². The molecule has 0 heteroatoms. The van der Waals surface area contributed by atoms with Crippen molar-refractivity contribution in [3.8, 4) is 11.1 Å². The van der Waals surface area contributed by atoms with Crippen LogP contribution >= 0.6 is 0 Å². The van der Waals surface area contributed by atoms with Gasteiger partial charge < -0.3 is 0 Å². The highest BCUT2D eigenvalue weighted by molar-refractivity contribution is 5.66. The summed E-state index contributed by atoms with van der Waals surface area (Å²) < 4.78 is 0. The van der Waals surface area contributed by atoms with E-state index in [1.54, 1.807) is 5.56 Å². The van der Waals surface area contributed by atoms with Gasteiger partial charge in [0.05, 0.1) is 0 Å². The number of hydrogen-bond acceptors (Lipinski definition) is 0. The van der Waals surface area contributed by atoms with Gasteiger partial charge in [-0.25, -0.2) is 0 Å². The van der Waals surface area contributed by atoms with E-state index in [1.165, 1.54) is 92.9 Å². The molecule has 0 bridgehead atoms. The highest BCUT2D eigenvalue weighted by Gasteiger charge is 2.22. The summed E-state index contributed by atoms with van der Waals surface area (Å²) in [5.41, 5.74) is 6.94. The number of allylic oxidation sites excluding steroid dienone is 2. The number of rotatable bonds is 7. The third-order valence-electron chi connectivity index (χ3n) is 7.74. The smallest absolute Gasteiger partial charge is 0.0162 e. The highest BCUT2D eigenvalue weighted by atomic mass is 14.3.